The molecule has 2 heterocycles. The van der Waals surface area contributed by atoms with Gasteiger partial charge >= 0.3 is 0 Å². The highest BCUT2D eigenvalue weighted by atomic mass is 32.1. The first-order valence-electron chi connectivity index (χ1n) is 5.77. The fraction of sp³-hybridized carbons (Fsp3) is 0.500. The Morgan fingerprint density at radius 3 is 2.75 bits per heavy atom. The number of rotatable bonds is 1. The van der Waals surface area contributed by atoms with Crippen molar-refractivity contribution in [2.24, 2.45) is 0 Å². The van der Waals surface area contributed by atoms with E-state index in [1.165, 1.54) is 23.4 Å². The summed E-state index contributed by atoms with van der Waals surface area (Å²) in [4.78, 5) is 19.8. The smallest absolute Gasteiger partial charge is 0.283 e. The van der Waals surface area contributed by atoms with Crippen LogP contribution in [0, 0.1) is 0 Å². The van der Waals surface area contributed by atoms with Gasteiger partial charge in [-0.2, -0.15) is 0 Å². The van der Waals surface area contributed by atoms with Gasteiger partial charge in [-0.1, -0.05) is 12.2 Å². The summed E-state index contributed by atoms with van der Waals surface area (Å²) in [7, 11) is 0. The summed E-state index contributed by atoms with van der Waals surface area (Å²) in [5.74, 6) is 0.101. The van der Waals surface area contributed by atoms with Gasteiger partial charge in [-0.15, -0.1) is 11.3 Å². The molecule has 0 aromatic carbocycles. The topological polar surface area (TPSA) is 33.2 Å². The molecular formula is C12H14N2OS. The van der Waals surface area contributed by atoms with Crippen LogP contribution in [0.3, 0.4) is 0 Å². The SMILES string of the molecule is O=C(c1nc2c(s1)CCCC2)N1CC=CC1. The number of carbonyl (C=O) groups excluding carboxylic acids is 1. The molecule has 3 nitrogen and oxygen atoms in total. The van der Waals surface area contributed by atoms with Crippen LogP contribution >= 0.6 is 11.3 Å². The van der Waals surface area contributed by atoms with Gasteiger partial charge in [0.25, 0.3) is 5.91 Å². The van der Waals surface area contributed by atoms with Crippen molar-refractivity contribution in [1.82, 2.24) is 9.88 Å². The van der Waals surface area contributed by atoms with Gasteiger partial charge in [-0.3, -0.25) is 4.79 Å². The van der Waals surface area contributed by atoms with Gasteiger partial charge < -0.3 is 4.90 Å². The van der Waals surface area contributed by atoms with E-state index < -0.39 is 0 Å². The highest BCUT2D eigenvalue weighted by Crippen LogP contribution is 2.27. The summed E-state index contributed by atoms with van der Waals surface area (Å²) < 4.78 is 0. The van der Waals surface area contributed by atoms with Crippen molar-refractivity contribution >= 4 is 17.2 Å². The zero-order valence-corrected chi connectivity index (χ0v) is 9.92. The minimum atomic E-state index is 0.101. The average molecular weight is 234 g/mol. The molecule has 2 aliphatic rings. The first kappa shape index (κ1) is 10.0. The van der Waals surface area contributed by atoms with E-state index in [0.717, 1.165) is 25.9 Å². The predicted molar refractivity (Wildman–Crippen MR) is 63.8 cm³/mol. The second-order valence-corrected chi connectivity index (χ2v) is 5.36. The molecule has 84 valence electrons. The molecule has 0 radical (unpaired) electrons. The molecule has 1 aromatic rings. The summed E-state index contributed by atoms with van der Waals surface area (Å²) in [6.45, 7) is 1.48. The van der Waals surface area contributed by atoms with Crippen molar-refractivity contribution in [1.29, 1.82) is 0 Å². The Morgan fingerprint density at radius 1 is 1.25 bits per heavy atom. The van der Waals surface area contributed by atoms with Crippen molar-refractivity contribution in [3.8, 4) is 0 Å². The van der Waals surface area contributed by atoms with E-state index in [-0.39, 0.29) is 5.91 Å². The fourth-order valence-electron chi connectivity index (χ4n) is 2.22. The van der Waals surface area contributed by atoms with Crippen LogP contribution in [0.15, 0.2) is 12.2 Å². The van der Waals surface area contributed by atoms with Crippen molar-refractivity contribution in [3.63, 3.8) is 0 Å². The number of fused-ring (bicyclic) bond motifs is 1. The summed E-state index contributed by atoms with van der Waals surface area (Å²) >= 11 is 1.60. The second kappa shape index (κ2) is 4.01. The lowest BCUT2D eigenvalue weighted by Crippen LogP contribution is -2.28. The minimum absolute atomic E-state index is 0.101. The highest BCUT2D eigenvalue weighted by Gasteiger charge is 2.23. The minimum Gasteiger partial charge on any atom is -0.329 e. The Balaban J connectivity index is 1.83. The summed E-state index contributed by atoms with van der Waals surface area (Å²) in [6, 6.07) is 0. The molecule has 0 atom stereocenters. The van der Waals surface area contributed by atoms with E-state index in [1.54, 1.807) is 11.3 Å². The molecular weight excluding hydrogens is 220 g/mol. The number of thiazole rings is 1. The standard InChI is InChI=1S/C12H14N2OS/c15-12(14-7-3-4-8-14)11-13-9-5-1-2-6-10(9)16-11/h3-4H,1-2,5-8H2. The molecule has 4 heteroatoms. The fourth-order valence-corrected chi connectivity index (χ4v) is 3.34. The van der Waals surface area contributed by atoms with Crippen LogP contribution in [-0.4, -0.2) is 28.9 Å². The van der Waals surface area contributed by atoms with E-state index in [9.17, 15) is 4.79 Å². The molecule has 0 fully saturated rings. The number of aromatic nitrogens is 1. The van der Waals surface area contributed by atoms with Crippen LogP contribution in [0.2, 0.25) is 0 Å². The number of nitrogens with zero attached hydrogens (tertiary/aromatic N) is 2. The van der Waals surface area contributed by atoms with Gasteiger partial charge in [0.05, 0.1) is 5.69 Å². The Labute approximate surface area is 98.8 Å². The average Bonchev–Trinajstić information content (AvgIpc) is 2.97. The van der Waals surface area contributed by atoms with Crippen LogP contribution < -0.4 is 0 Å². The Hall–Kier alpha value is -1.16. The second-order valence-electron chi connectivity index (χ2n) is 4.28. The van der Waals surface area contributed by atoms with Gasteiger partial charge in [0.1, 0.15) is 0 Å². The molecule has 0 saturated carbocycles. The maximum absolute atomic E-state index is 12.1. The Bertz CT molecular complexity index is 418. The van der Waals surface area contributed by atoms with Crippen molar-refractivity contribution in [3.05, 3.63) is 27.7 Å². The van der Waals surface area contributed by atoms with Gasteiger partial charge in [-0.05, 0) is 25.7 Å². The molecule has 1 aliphatic heterocycles. The van der Waals surface area contributed by atoms with Crippen LogP contribution in [0.1, 0.15) is 33.2 Å². The normalized spacial score (nSPS) is 18.9. The van der Waals surface area contributed by atoms with E-state index in [2.05, 4.69) is 4.98 Å². The third-order valence-corrected chi connectivity index (χ3v) is 4.28. The van der Waals surface area contributed by atoms with Crippen LogP contribution in [-0.2, 0) is 12.8 Å². The Kier molecular flexibility index (Phi) is 2.52. The summed E-state index contributed by atoms with van der Waals surface area (Å²) in [6.07, 6.45) is 8.69. The lowest BCUT2D eigenvalue weighted by Gasteiger charge is -2.12. The van der Waals surface area contributed by atoms with Gasteiger partial charge in [0, 0.05) is 18.0 Å². The maximum atomic E-state index is 12.1. The number of carbonyl (C=O) groups is 1. The zero-order chi connectivity index (χ0) is 11.0. The van der Waals surface area contributed by atoms with Crippen LogP contribution in [0.25, 0.3) is 0 Å². The molecule has 1 aromatic heterocycles. The summed E-state index contributed by atoms with van der Waals surface area (Å²) in [5, 5.41) is 0.690. The molecule has 0 spiro atoms. The van der Waals surface area contributed by atoms with E-state index in [0.29, 0.717) is 5.01 Å². The largest absolute Gasteiger partial charge is 0.329 e. The number of aryl methyl sites for hydroxylation is 2. The first-order chi connectivity index (χ1) is 7.84. The third kappa shape index (κ3) is 1.67. The zero-order valence-electron chi connectivity index (χ0n) is 9.11. The number of hydrogen-bond donors (Lipinski definition) is 0. The van der Waals surface area contributed by atoms with Gasteiger partial charge in [-0.25, -0.2) is 4.98 Å². The molecule has 1 amide bonds. The number of amides is 1. The van der Waals surface area contributed by atoms with E-state index >= 15 is 0 Å². The van der Waals surface area contributed by atoms with Crippen molar-refractivity contribution in [2.45, 2.75) is 25.7 Å². The molecule has 0 saturated heterocycles. The van der Waals surface area contributed by atoms with Crippen LogP contribution in [0.4, 0.5) is 0 Å². The third-order valence-electron chi connectivity index (χ3n) is 3.13. The van der Waals surface area contributed by atoms with Crippen molar-refractivity contribution < 1.29 is 4.79 Å². The predicted octanol–water partition coefficient (Wildman–Crippen LogP) is 2.03. The molecule has 0 unspecified atom stereocenters. The highest BCUT2D eigenvalue weighted by molar-refractivity contribution is 7.13. The van der Waals surface area contributed by atoms with Gasteiger partial charge in [0.15, 0.2) is 5.01 Å². The quantitative estimate of drug-likeness (QED) is 0.697. The molecule has 16 heavy (non-hydrogen) atoms. The molecule has 1 aliphatic carbocycles. The lowest BCUT2D eigenvalue weighted by molar-refractivity contribution is 0.0799. The number of hydrogen-bond acceptors (Lipinski definition) is 3. The van der Waals surface area contributed by atoms with E-state index in [4.69, 9.17) is 0 Å². The van der Waals surface area contributed by atoms with Gasteiger partial charge in [0.2, 0.25) is 0 Å². The van der Waals surface area contributed by atoms with E-state index in [1.807, 2.05) is 17.1 Å². The van der Waals surface area contributed by atoms with Crippen LogP contribution in [0.5, 0.6) is 0 Å². The molecule has 3 rings (SSSR count). The first-order valence-corrected chi connectivity index (χ1v) is 6.59. The monoisotopic (exact) mass is 234 g/mol. The molecule has 0 N–H and O–H groups in total. The maximum Gasteiger partial charge on any atom is 0.283 e. The van der Waals surface area contributed by atoms with Crippen molar-refractivity contribution in [2.75, 3.05) is 13.1 Å². The lowest BCUT2D eigenvalue weighted by atomic mass is 10.0. The summed E-state index contributed by atoms with van der Waals surface area (Å²) in [5.41, 5.74) is 1.17. The Morgan fingerprint density at radius 2 is 2.00 bits per heavy atom. The molecule has 0 bridgehead atoms.